The molecule has 37 heavy (non-hydrogen) atoms. The van der Waals surface area contributed by atoms with E-state index in [1.54, 1.807) is 6.92 Å². The topological polar surface area (TPSA) is 111 Å². The van der Waals surface area contributed by atoms with Gasteiger partial charge in [0.2, 0.25) is 5.82 Å². The molecule has 0 atom stereocenters. The lowest BCUT2D eigenvalue weighted by Crippen LogP contribution is -2.31. The van der Waals surface area contributed by atoms with Crippen LogP contribution in [0.4, 0.5) is 0 Å². The first-order chi connectivity index (χ1) is 18.1. The van der Waals surface area contributed by atoms with Crippen molar-refractivity contribution in [2.24, 2.45) is 0 Å². The summed E-state index contributed by atoms with van der Waals surface area (Å²) in [4.78, 5) is 26.1. The van der Waals surface area contributed by atoms with Crippen molar-refractivity contribution in [3.8, 4) is 34.4 Å². The molecule has 0 amide bonds. The van der Waals surface area contributed by atoms with Gasteiger partial charge in [0, 0.05) is 5.56 Å². The van der Waals surface area contributed by atoms with E-state index in [-0.39, 0.29) is 25.3 Å². The zero-order chi connectivity index (χ0) is 25.6. The molecule has 5 rings (SSSR count). The minimum absolute atomic E-state index is 0.0884. The molecule has 182 valence electrons. The molecule has 5 aromatic rings. The number of nitrogens with zero attached hydrogens (tertiary/aromatic N) is 6. The standard InChI is InChI=1S/C28H23N7O2/c1-2-3-13-25-31-35(26(36)18-20-9-5-4-6-10-20)28(37)34(25)19-21-14-16-22(17-15-21)23-11-7-8-12-24(23)27-29-32-33-30-27/h4-12,14-17H,13,18-19H2,1H3,(H,29,30,32,33). The number of benzene rings is 3. The number of hydrogen-bond acceptors (Lipinski definition) is 6. The molecule has 9 nitrogen and oxygen atoms in total. The van der Waals surface area contributed by atoms with Gasteiger partial charge in [-0.2, -0.15) is 5.21 Å². The van der Waals surface area contributed by atoms with Gasteiger partial charge in [-0.15, -0.1) is 25.9 Å². The smallest absolute Gasteiger partial charge is 0.273 e. The zero-order valence-electron chi connectivity index (χ0n) is 20.1. The molecule has 0 unspecified atom stereocenters. The summed E-state index contributed by atoms with van der Waals surface area (Å²) in [5, 5.41) is 18.7. The third-order valence-corrected chi connectivity index (χ3v) is 5.92. The van der Waals surface area contributed by atoms with Crippen LogP contribution in [0.1, 0.15) is 28.7 Å². The Morgan fingerprint density at radius 3 is 2.35 bits per heavy atom. The summed E-state index contributed by atoms with van der Waals surface area (Å²) >= 11 is 0. The molecule has 3 aromatic carbocycles. The van der Waals surface area contributed by atoms with E-state index < -0.39 is 5.69 Å². The van der Waals surface area contributed by atoms with E-state index in [1.807, 2.05) is 78.9 Å². The van der Waals surface area contributed by atoms with E-state index >= 15 is 0 Å². The Kier molecular flexibility index (Phi) is 6.81. The van der Waals surface area contributed by atoms with Crippen LogP contribution in [-0.4, -0.2) is 40.9 Å². The van der Waals surface area contributed by atoms with Crippen LogP contribution in [-0.2, 0) is 19.4 Å². The molecule has 1 N–H and O–H groups in total. The highest BCUT2D eigenvalue weighted by Crippen LogP contribution is 2.29. The zero-order valence-corrected chi connectivity index (χ0v) is 20.1. The van der Waals surface area contributed by atoms with Crippen LogP contribution < -0.4 is 5.69 Å². The number of aromatic nitrogens is 7. The molecular formula is C28H23N7O2. The second kappa shape index (κ2) is 10.7. The largest absolute Gasteiger partial charge is 0.353 e. The van der Waals surface area contributed by atoms with Crippen LogP contribution in [0, 0.1) is 11.8 Å². The maximum atomic E-state index is 13.2. The summed E-state index contributed by atoms with van der Waals surface area (Å²) in [5.41, 5.74) is 4.04. The van der Waals surface area contributed by atoms with Gasteiger partial charge in [0.05, 0.1) is 19.4 Å². The van der Waals surface area contributed by atoms with Gasteiger partial charge in [-0.25, -0.2) is 4.79 Å². The van der Waals surface area contributed by atoms with Crippen molar-refractivity contribution < 1.29 is 4.79 Å². The molecule has 0 bridgehead atoms. The van der Waals surface area contributed by atoms with Crippen molar-refractivity contribution in [3.05, 3.63) is 106 Å². The molecular weight excluding hydrogens is 466 g/mol. The fourth-order valence-electron chi connectivity index (χ4n) is 4.08. The SMILES string of the molecule is CC#CCc1nn(C(=O)Cc2ccccc2)c(=O)n1Cc1ccc(-c2ccccc2-c2nn[nH]n2)cc1. The van der Waals surface area contributed by atoms with E-state index in [0.29, 0.717) is 11.6 Å². The Balaban J connectivity index is 1.43. The minimum Gasteiger partial charge on any atom is -0.273 e. The van der Waals surface area contributed by atoms with Crippen molar-refractivity contribution in [1.82, 2.24) is 35.0 Å². The third-order valence-electron chi connectivity index (χ3n) is 5.92. The van der Waals surface area contributed by atoms with Gasteiger partial charge < -0.3 is 0 Å². The number of hydrogen-bond donors (Lipinski definition) is 1. The van der Waals surface area contributed by atoms with Gasteiger partial charge in [0.25, 0.3) is 5.91 Å². The van der Waals surface area contributed by atoms with Gasteiger partial charge in [0.15, 0.2) is 0 Å². The highest BCUT2D eigenvalue weighted by molar-refractivity contribution is 5.81. The Labute approximate surface area is 212 Å². The molecule has 2 heterocycles. The number of tetrazole rings is 1. The van der Waals surface area contributed by atoms with Gasteiger partial charge in [-0.3, -0.25) is 9.36 Å². The lowest BCUT2D eigenvalue weighted by Gasteiger charge is -2.09. The van der Waals surface area contributed by atoms with Gasteiger partial charge in [-0.05, 0) is 34.4 Å². The maximum absolute atomic E-state index is 13.2. The van der Waals surface area contributed by atoms with E-state index in [4.69, 9.17) is 0 Å². The quantitative estimate of drug-likeness (QED) is 0.351. The maximum Gasteiger partial charge on any atom is 0.353 e. The van der Waals surface area contributed by atoms with E-state index in [0.717, 1.165) is 32.5 Å². The normalized spacial score (nSPS) is 10.6. The van der Waals surface area contributed by atoms with Crippen molar-refractivity contribution in [2.75, 3.05) is 0 Å². The van der Waals surface area contributed by atoms with Crippen molar-refractivity contribution in [2.45, 2.75) is 26.3 Å². The van der Waals surface area contributed by atoms with Gasteiger partial charge >= 0.3 is 5.69 Å². The highest BCUT2D eigenvalue weighted by atomic mass is 16.2. The predicted octanol–water partition coefficient (Wildman–Crippen LogP) is 3.39. The lowest BCUT2D eigenvalue weighted by atomic mass is 9.98. The number of aromatic amines is 1. The van der Waals surface area contributed by atoms with Crippen molar-refractivity contribution >= 4 is 5.91 Å². The molecule has 0 radical (unpaired) electrons. The molecule has 0 spiro atoms. The molecule has 0 aliphatic heterocycles. The first-order valence-corrected chi connectivity index (χ1v) is 11.7. The Hall–Kier alpha value is -5.10. The first kappa shape index (κ1) is 23.6. The summed E-state index contributed by atoms with van der Waals surface area (Å²) in [6.45, 7) is 2.00. The number of H-pyrrole nitrogens is 1. The van der Waals surface area contributed by atoms with Crippen molar-refractivity contribution in [1.29, 1.82) is 0 Å². The number of nitrogens with one attached hydrogen (secondary N) is 1. The third kappa shape index (κ3) is 5.13. The molecule has 9 heteroatoms. The fourth-order valence-corrected chi connectivity index (χ4v) is 4.08. The summed E-state index contributed by atoms with van der Waals surface area (Å²) in [6, 6.07) is 25.0. The second-order valence-electron chi connectivity index (χ2n) is 8.33. The van der Waals surface area contributed by atoms with Crippen LogP contribution in [0.2, 0.25) is 0 Å². The van der Waals surface area contributed by atoms with Crippen molar-refractivity contribution in [3.63, 3.8) is 0 Å². The molecule has 0 aliphatic carbocycles. The van der Waals surface area contributed by atoms with Crippen LogP contribution in [0.25, 0.3) is 22.5 Å². The van der Waals surface area contributed by atoms with Gasteiger partial charge in [-0.1, -0.05) is 84.8 Å². The Bertz CT molecular complexity index is 1640. The summed E-state index contributed by atoms with van der Waals surface area (Å²) < 4.78 is 2.46. The predicted molar refractivity (Wildman–Crippen MR) is 139 cm³/mol. The minimum atomic E-state index is -0.472. The molecule has 2 aromatic heterocycles. The molecule has 0 saturated heterocycles. The van der Waals surface area contributed by atoms with E-state index in [1.165, 1.54) is 4.57 Å². The fraction of sp³-hybridized carbons (Fsp3) is 0.143. The van der Waals surface area contributed by atoms with Crippen LogP contribution in [0.15, 0.2) is 83.7 Å². The number of carbonyl (C=O) groups excluding carboxylic acids is 1. The van der Waals surface area contributed by atoms with Crippen LogP contribution in [0.5, 0.6) is 0 Å². The van der Waals surface area contributed by atoms with E-state index in [9.17, 15) is 9.59 Å². The first-order valence-electron chi connectivity index (χ1n) is 11.7. The Morgan fingerprint density at radius 2 is 1.65 bits per heavy atom. The average Bonchev–Trinajstić information content (AvgIpc) is 3.57. The highest BCUT2D eigenvalue weighted by Gasteiger charge is 2.19. The molecule has 0 fully saturated rings. The van der Waals surface area contributed by atoms with Crippen LogP contribution in [0.3, 0.4) is 0 Å². The monoisotopic (exact) mass is 489 g/mol. The van der Waals surface area contributed by atoms with Gasteiger partial charge in [0.1, 0.15) is 5.82 Å². The van der Waals surface area contributed by atoms with E-state index in [2.05, 4.69) is 37.6 Å². The second-order valence-corrected chi connectivity index (χ2v) is 8.33. The molecule has 0 aliphatic rings. The summed E-state index contributed by atoms with van der Waals surface area (Å²) in [5.74, 6) is 6.37. The molecule has 0 saturated carbocycles. The lowest BCUT2D eigenvalue weighted by molar-refractivity contribution is 0.0892. The average molecular weight is 490 g/mol. The number of rotatable bonds is 7. The Morgan fingerprint density at radius 1 is 0.919 bits per heavy atom. The summed E-state index contributed by atoms with van der Waals surface area (Å²) in [7, 11) is 0. The number of carbonyl (C=O) groups is 1. The summed E-state index contributed by atoms with van der Waals surface area (Å²) in [6.07, 6.45) is 0.360. The van der Waals surface area contributed by atoms with Crippen LogP contribution >= 0.6 is 0 Å².